The van der Waals surface area contributed by atoms with E-state index in [1.54, 1.807) is 29.2 Å². The van der Waals surface area contributed by atoms with Crippen LogP contribution in [0.15, 0.2) is 40.8 Å². The Bertz CT molecular complexity index is 832. The molecule has 0 saturated carbocycles. The molecule has 6 heteroatoms. The fourth-order valence-electron chi connectivity index (χ4n) is 4.08. The second-order valence-electron chi connectivity index (χ2n) is 7.62. The summed E-state index contributed by atoms with van der Waals surface area (Å²) >= 11 is 0. The highest BCUT2D eigenvalue weighted by Crippen LogP contribution is 2.26. The minimum atomic E-state index is -0.312. The first kappa shape index (κ1) is 18.7. The van der Waals surface area contributed by atoms with Crippen LogP contribution >= 0.6 is 0 Å². The number of hydrogen-bond acceptors (Lipinski definition) is 3. The second kappa shape index (κ2) is 8.17. The minimum Gasteiger partial charge on any atom is -0.451 e. The van der Waals surface area contributed by atoms with Gasteiger partial charge in [-0.3, -0.25) is 9.59 Å². The van der Waals surface area contributed by atoms with E-state index in [4.69, 9.17) is 4.42 Å². The number of carbonyl (C=O) groups is 2. The summed E-state index contributed by atoms with van der Waals surface area (Å²) < 4.78 is 18.8. The van der Waals surface area contributed by atoms with E-state index in [9.17, 15) is 14.0 Å². The molecule has 3 heterocycles. The largest absolute Gasteiger partial charge is 0.451 e. The van der Waals surface area contributed by atoms with Gasteiger partial charge in [-0.15, -0.1) is 0 Å². The van der Waals surface area contributed by atoms with Gasteiger partial charge in [-0.05, 0) is 68.5 Å². The molecule has 0 N–H and O–H groups in total. The smallest absolute Gasteiger partial charge is 0.289 e. The van der Waals surface area contributed by atoms with Crippen molar-refractivity contribution in [3.8, 4) is 11.3 Å². The number of halogens is 1. The summed E-state index contributed by atoms with van der Waals surface area (Å²) in [5, 5.41) is 0. The summed E-state index contributed by atoms with van der Waals surface area (Å²) in [6.07, 6.45) is 4.80. The van der Waals surface area contributed by atoms with Gasteiger partial charge in [0.15, 0.2) is 5.76 Å². The molecule has 0 aliphatic carbocycles. The van der Waals surface area contributed by atoms with Crippen molar-refractivity contribution in [2.24, 2.45) is 5.92 Å². The maximum Gasteiger partial charge on any atom is 0.289 e. The SMILES string of the molecule is O=C(c1ccc(-c2ccc(F)cc2)o1)N1CCC(C(=O)N2CCCCC2)CC1. The molecule has 4 rings (SSSR count). The van der Waals surface area contributed by atoms with E-state index in [0.29, 0.717) is 31.7 Å². The number of benzene rings is 1. The van der Waals surface area contributed by atoms with Crippen LogP contribution in [0.2, 0.25) is 0 Å². The average Bonchev–Trinajstić information content (AvgIpc) is 3.24. The molecular formula is C22H25FN2O3. The molecule has 2 fully saturated rings. The monoisotopic (exact) mass is 384 g/mol. The zero-order valence-electron chi connectivity index (χ0n) is 15.9. The number of nitrogens with zero attached hydrogens (tertiary/aromatic N) is 2. The van der Waals surface area contributed by atoms with Crippen molar-refractivity contribution < 1.29 is 18.4 Å². The Hall–Kier alpha value is -2.63. The van der Waals surface area contributed by atoms with Gasteiger partial charge in [0.1, 0.15) is 11.6 Å². The summed E-state index contributed by atoms with van der Waals surface area (Å²) in [6, 6.07) is 9.37. The van der Waals surface area contributed by atoms with E-state index >= 15 is 0 Å². The molecular weight excluding hydrogens is 359 g/mol. The molecule has 2 aliphatic heterocycles. The number of likely N-dealkylation sites (tertiary alicyclic amines) is 2. The van der Waals surface area contributed by atoms with Crippen LogP contribution in [0.5, 0.6) is 0 Å². The number of amides is 2. The van der Waals surface area contributed by atoms with Gasteiger partial charge in [0.25, 0.3) is 5.91 Å². The van der Waals surface area contributed by atoms with Crippen LogP contribution in [-0.4, -0.2) is 47.8 Å². The van der Waals surface area contributed by atoms with Gasteiger partial charge in [-0.25, -0.2) is 4.39 Å². The minimum absolute atomic E-state index is 0.0218. The molecule has 2 amide bonds. The lowest BCUT2D eigenvalue weighted by molar-refractivity contribution is -0.137. The summed E-state index contributed by atoms with van der Waals surface area (Å²) in [5.41, 5.74) is 0.728. The molecule has 1 aromatic carbocycles. The van der Waals surface area contributed by atoms with Crippen LogP contribution in [0.3, 0.4) is 0 Å². The molecule has 28 heavy (non-hydrogen) atoms. The van der Waals surface area contributed by atoms with E-state index < -0.39 is 0 Å². The Morgan fingerprint density at radius 3 is 2.21 bits per heavy atom. The average molecular weight is 384 g/mol. The molecule has 0 spiro atoms. The fraction of sp³-hybridized carbons (Fsp3) is 0.455. The molecule has 0 bridgehead atoms. The van der Waals surface area contributed by atoms with Crippen LogP contribution in [-0.2, 0) is 4.79 Å². The Balaban J connectivity index is 1.35. The van der Waals surface area contributed by atoms with Crippen LogP contribution < -0.4 is 0 Å². The van der Waals surface area contributed by atoms with Crippen molar-refractivity contribution in [2.75, 3.05) is 26.2 Å². The van der Waals surface area contributed by atoms with Crippen molar-refractivity contribution in [3.63, 3.8) is 0 Å². The number of rotatable bonds is 3. The molecule has 5 nitrogen and oxygen atoms in total. The molecule has 148 valence electrons. The summed E-state index contributed by atoms with van der Waals surface area (Å²) in [4.78, 5) is 29.2. The second-order valence-corrected chi connectivity index (χ2v) is 7.62. The molecule has 0 atom stereocenters. The van der Waals surface area contributed by atoms with E-state index in [1.165, 1.54) is 18.6 Å². The third kappa shape index (κ3) is 3.96. The maximum absolute atomic E-state index is 13.1. The first-order chi connectivity index (χ1) is 13.6. The van der Waals surface area contributed by atoms with Crippen molar-refractivity contribution >= 4 is 11.8 Å². The maximum atomic E-state index is 13.1. The molecule has 1 aromatic heterocycles. The van der Waals surface area contributed by atoms with Crippen LogP contribution in [0.1, 0.15) is 42.7 Å². The van der Waals surface area contributed by atoms with Crippen LogP contribution in [0, 0.1) is 11.7 Å². The lowest BCUT2D eigenvalue weighted by Crippen LogP contribution is -2.45. The Kier molecular flexibility index (Phi) is 5.46. The number of furan rings is 1. The van der Waals surface area contributed by atoms with Crippen molar-refractivity contribution in [1.29, 1.82) is 0 Å². The molecule has 0 radical (unpaired) electrons. The summed E-state index contributed by atoms with van der Waals surface area (Å²) in [7, 11) is 0. The van der Waals surface area contributed by atoms with Crippen molar-refractivity contribution in [3.05, 3.63) is 48.0 Å². The standard InChI is InChI=1S/C22H25FN2O3/c23-18-6-4-16(5-7-18)19-8-9-20(28-19)22(27)25-14-10-17(11-15-25)21(26)24-12-2-1-3-13-24/h4-9,17H,1-3,10-15H2. The first-order valence-electron chi connectivity index (χ1n) is 10.1. The van der Waals surface area contributed by atoms with Gasteiger partial charge < -0.3 is 14.2 Å². The van der Waals surface area contributed by atoms with Gasteiger partial charge in [-0.2, -0.15) is 0 Å². The predicted molar refractivity (Wildman–Crippen MR) is 103 cm³/mol. The quantitative estimate of drug-likeness (QED) is 0.805. The van der Waals surface area contributed by atoms with E-state index in [-0.39, 0.29) is 29.3 Å². The van der Waals surface area contributed by atoms with Gasteiger partial charge in [-0.1, -0.05) is 0 Å². The predicted octanol–water partition coefficient (Wildman–Crippen LogP) is 3.95. The lowest BCUT2D eigenvalue weighted by atomic mass is 9.94. The van der Waals surface area contributed by atoms with Crippen LogP contribution in [0.4, 0.5) is 4.39 Å². The van der Waals surface area contributed by atoms with E-state index in [2.05, 4.69) is 0 Å². The Morgan fingerprint density at radius 2 is 1.54 bits per heavy atom. The molecule has 2 aromatic rings. The normalized spacial score (nSPS) is 18.3. The lowest BCUT2D eigenvalue weighted by Gasteiger charge is -2.35. The first-order valence-corrected chi connectivity index (χ1v) is 10.1. The zero-order chi connectivity index (χ0) is 19.5. The van der Waals surface area contributed by atoms with E-state index in [0.717, 1.165) is 31.5 Å². The highest BCUT2D eigenvalue weighted by atomic mass is 19.1. The summed E-state index contributed by atoms with van der Waals surface area (Å²) in [5.74, 6) is 0.626. The van der Waals surface area contributed by atoms with Gasteiger partial charge in [0.05, 0.1) is 0 Å². The highest BCUT2D eigenvalue weighted by Gasteiger charge is 2.31. The third-order valence-electron chi connectivity index (χ3n) is 5.74. The topological polar surface area (TPSA) is 53.8 Å². The Morgan fingerprint density at radius 1 is 0.857 bits per heavy atom. The highest BCUT2D eigenvalue weighted by molar-refractivity contribution is 5.92. The number of piperidine rings is 2. The van der Waals surface area contributed by atoms with E-state index in [1.807, 2.05) is 4.90 Å². The van der Waals surface area contributed by atoms with Gasteiger partial charge >= 0.3 is 0 Å². The molecule has 2 aliphatic rings. The van der Waals surface area contributed by atoms with Gasteiger partial charge in [0, 0.05) is 37.7 Å². The van der Waals surface area contributed by atoms with Crippen molar-refractivity contribution in [2.45, 2.75) is 32.1 Å². The summed E-state index contributed by atoms with van der Waals surface area (Å²) in [6.45, 7) is 2.87. The molecule has 0 unspecified atom stereocenters. The fourth-order valence-corrected chi connectivity index (χ4v) is 4.08. The zero-order valence-corrected chi connectivity index (χ0v) is 15.9. The Labute approximate surface area is 164 Å². The third-order valence-corrected chi connectivity index (χ3v) is 5.74. The number of hydrogen-bond donors (Lipinski definition) is 0. The number of carbonyl (C=O) groups excluding carboxylic acids is 2. The van der Waals surface area contributed by atoms with Gasteiger partial charge in [0.2, 0.25) is 5.91 Å². The van der Waals surface area contributed by atoms with Crippen molar-refractivity contribution in [1.82, 2.24) is 9.80 Å². The molecule has 2 saturated heterocycles. The van der Waals surface area contributed by atoms with Crippen LogP contribution in [0.25, 0.3) is 11.3 Å².